The van der Waals surface area contributed by atoms with Crippen molar-refractivity contribution in [1.82, 2.24) is 0 Å². The fourth-order valence-electron chi connectivity index (χ4n) is 4.31. The third kappa shape index (κ3) is 7.19. The van der Waals surface area contributed by atoms with Crippen molar-refractivity contribution in [3.63, 3.8) is 0 Å². The number of rotatable bonds is 12. The highest BCUT2D eigenvalue weighted by Gasteiger charge is 2.09. The molecule has 0 heterocycles. The second kappa shape index (κ2) is 12.4. The zero-order chi connectivity index (χ0) is 22.8. The Morgan fingerprint density at radius 2 is 1.16 bits per heavy atom. The van der Waals surface area contributed by atoms with Gasteiger partial charge in [0.1, 0.15) is 5.78 Å². The number of ketones is 1. The van der Waals surface area contributed by atoms with E-state index in [2.05, 4.69) is 87.5 Å². The molecule has 0 atom stereocenters. The highest BCUT2D eigenvalue weighted by molar-refractivity contribution is 5.83. The maximum atomic E-state index is 12.7. The Balaban J connectivity index is 1.58. The van der Waals surface area contributed by atoms with Crippen LogP contribution in [-0.4, -0.2) is 5.78 Å². The van der Waals surface area contributed by atoms with E-state index in [0.29, 0.717) is 12.8 Å². The molecule has 1 nitrogen and oxygen atoms in total. The zero-order valence-corrected chi connectivity index (χ0v) is 20.1. The minimum absolute atomic E-state index is 0.273. The van der Waals surface area contributed by atoms with Crippen molar-refractivity contribution in [1.29, 1.82) is 0 Å². The van der Waals surface area contributed by atoms with Crippen LogP contribution in [-0.2, 0) is 30.5 Å². The van der Waals surface area contributed by atoms with Gasteiger partial charge < -0.3 is 0 Å². The minimum Gasteiger partial charge on any atom is -0.299 e. The number of aryl methyl sites for hydroxylation is 3. The van der Waals surface area contributed by atoms with Gasteiger partial charge in [-0.15, -0.1) is 0 Å². The highest BCUT2D eigenvalue weighted by atomic mass is 16.1. The maximum Gasteiger partial charge on any atom is 0.141 e. The molecule has 0 amide bonds. The van der Waals surface area contributed by atoms with Gasteiger partial charge in [0.2, 0.25) is 0 Å². The van der Waals surface area contributed by atoms with Gasteiger partial charge in [0.05, 0.1) is 0 Å². The smallest absolute Gasteiger partial charge is 0.141 e. The van der Waals surface area contributed by atoms with Crippen LogP contribution in [0, 0.1) is 6.92 Å². The molecule has 0 N–H and O–H groups in total. The van der Waals surface area contributed by atoms with Gasteiger partial charge in [-0.3, -0.25) is 4.79 Å². The summed E-state index contributed by atoms with van der Waals surface area (Å²) in [5, 5.41) is 0. The molecule has 0 aromatic heterocycles. The summed E-state index contributed by atoms with van der Waals surface area (Å²) in [5.41, 5.74) is 8.74. The predicted octanol–water partition coefficient (Wildman–Crippen LogP) is 8.09. The van der Waals surface area contributed by atoms with Crippen LogP contribution in [0.5, 0.6) is 0 Å². The molecule has 0 bridgehead atoms. The fraction of sp³-hybridized carbons (Fsp3) is 0.387. The van der Waals surface area contributed by atoms with Crippen molar-refractivity contribution in [3.8, 4) is 11.1 Å². The molecule has 3 aromatic rings. The van der Waals surface area contributed by atoms with Crippen molar-refractivity contribution in [2.45, 2.75) is 78.6 Å². The molecule has 0 unspecified atom stereocenters. The third-order valence-electron chi connectivity index (χ3n) is 6.27. The number of hydrogen-bond acceptors (Lipinski definition) is 1. The number of carbonyl (C=O) groups is 1. The van der Waals surface area contributed by atoms with Crippen molar-refractivity contribution in [2.75, 3.05) is 0 Å². The van der Waals surface area contributed by atoms with Crippen LogP contribution in [0.1, 0.15) is 73.8 Å². The van der Waals surface area contributed by atoms with E-state index >= 15 is 0 Å². The van der Waals surface area contributed by atoms with Crippen LogP contribution >= 0.6 is 0 Å². The molecule has 0 aliphatic carbocycles. The molecule has 3 rings (SSSR count). The lowest BCUT2D eigenvalue weighted by Gasteiger charge is -2.10. The van der Waals surface area contributed by atoms with Crippen LogP contribution in [0.4, 0.5) is 0 Å². The van der Waals surface area contributed by atoms with Crippen molar-refractivity contribution in [2.24, 2.45) is 0 Å². The quantitative estimate of drug-likeness (QED) is 0.267. The lowest BCUT2D eigenvalue weighted by molar-refractivity contribution is -0.117. The summed E-state index contributed by atoms with van der Waals surface area (Å²) >= 11 is 0. The first-order valence-corrected chi connectivity index (χ1v) is 12.4. The Labute approximate surface area is 194 Å². The monoisotopic (exact) mass is 426 g/mol. The van der Waals surface area contributed by atoms with E-state index in [1.807, 2.05) is 0 Å². The first-order chi connectivity index (χ1) is 15.6. The molecular formula is C31H38O. The largest absolute Gasteiger partial charge is 0.299 e. The first-order valence-electron chi connectivity index (χ1n) is 12.4. The Hall–Kier alpha value is -2.67. The van der Waals surface area contributed by atoms with Crippen LogP contribution in [0.15, 0.2) is 66.7 Å². The molecule has 32 heavy (non-hydrogen) atoms. The predicted molar refractivity (Wildman–Crippen MR) is 137 cm³/mol. The third-order valence-corrected chi connectivity index (χ3v) is 6.27. The van der Waals surface area contributed by atoms with E-state index in [1.54, 1.807) is 0 Å². The molecule has 168 valence electrons. The van der Waals surface area contributed by atoms with Crippen molar-refractivity contribution >= 4 is 5.78 Å². The zero-order valence-electron chi connectivity index (χ0n) is 20.1. The van der Waals surface area contributed by atoms with Gasteiger partial charge in [0.15, 0.2) is 0 Å². The summed E-state index contributed by atoms with van der Waals surface area (Å²) in [6.07, 6.45) is 9.54. The molecule has 3 aromatic carbocycles. The minimum atomic E-state index is 0.273. The second-order valence-corrected chi connectivity index (χ2v) is 9.12. The van der Waals surface area contributed by atoms with Gasteiger partial charge in [0, 0.05) is 12.8 Å². The van der Waals surface area contributed by atoms with Gasteiger partial charge in [-0.05, 0) is 71.6 Å². The highest BCUT2D eigenvalue weighted by Crippen LogP contribution is 2.25. The van der Waals surface area contributed by atoms with E-state index in [0.717, 1.165) is 24.0 Å². The van der Waals surface area contributed by atoms with Gasteiger partial charge in [-0.1, -0.05) is 99.8 Å². The maximum absolute atomic E-state index is 12.7. The van der Waals surface area contributed by atoms with Crippen LogP contribution in [0.25, 0.3) is 11.1 Å². The van der Waals surface area contributed by atoms with E-state index in [4.69, 9.17) is 0 Å². The van der Waals surface area contributed by atoms with Crippen LogP contribution in [0.2, 0.25) is 0 Å². The molecule has 0 radical (unpaired) electrons. The topological polar surface area (TPSA) is 17.1 Å². The van der Waals surface area contributed by atoms with E-state index in [1.165, 1.54) is 59.9 Å². The number of carbonyl (C=O) groups excluding carboxylic acids is 1. The average Bonchev–Trinajstić information content (AvgIpc) is 2.79. The standard InChI is InChI=1S/C31H38O/c1-4-6-8-10-26-15-18-29(19-16-26)31-20-17-28(21-24(31)3)23-30(32)22-27-13-11-25(12-14-27)9-7-5-2/h11-21H,4-10,22-23H2,1-3H3. The Morgan fingerprint density at radius 3 is 1.78 bits per heavy atom. The Bertz CT molecular complexity index is 980. The van der Waals surface area contributed by atoms with Crippen LogP contribution in [0.3, 0.4) is 0 Å². The van der Waals surface area contributed by atoms with Gasteiger partial charge >= 0.3 is 0 Å². The molecule has 0 fully saturated rings. The van der Waals surface area contributed by atoms with Gasteiger partial charge in [-0.25, -0.2) is 0 Å². The Morgan fingerprint density at radius 1 is 0.625 bits per heavy atom. The number of unbranched alkanes of at least 4 members (excludes halogenated alkanes) is 3. The molecule has 0 spiro atoms. The normalized spacial score (nSPS) is 11.0. The van der Waals surface area contributed by atoms with E-state index < -0.39 is 0 Å². The first kappa shape index (κ1) is 24.0. The molecule has 1 heteroatoms. The summed E-state index contributed by atoms with van der Waals surface area (Å²) in [7, 11) is 0. The summed E-state index contributed by atoms with van der Waals surface area (Å²) in [6, 6.07) is 24.0. The second-order valence-electron chi connectivity index (χ2n) is 9.12. The molecule has 0 aliphatic heterocycles. The fourth-order valence-corrected chi connectivity index (χ4v) is 4.31. The molecule has 0 saturated carbocycles. The number of hydrogen-bond donors (Lipinski definition) is 0. The van der Waals surface area contributed by atoms with Gasteiger partial charge in [0.25, 0.3) is 0 Å². The van der Waals surface area contributed by atoms with E-state index in [9.17, 15) is 4.79 Å². The van der Waals surface area contributed by atoms with E-state index in [-0.39, 0.29) is 5.78 Å². The number of benzene rings is 3. The summed E-state index contributed by atoms with van der Waals surface area (Å²) < 4.78 is 0. The van der Waals surface area contributed by atoms with Gasteiger partial charge in [-0.2, -0.15) is 0 Å². The average molecular weight is 427 g/mol. The molecular weight excluding hydrogens is 388 g/mol. The lowest BCUT2D eigenvalue weighted by Crippen LogP contribution is -2.07. The van der Waals surface area contributed by atoms with Crippen molar-refractivity contribution < 1.29 is 4.79 Å². The summed E-state index contributed by atoms with van der Waals surface area (Å²) in [6.45, 7) is 6.61. The lowest BCUT2D eigenvalue weighted by atomic mass is 9.94. The Kier molecular flexibility index (Phi) is 9.28. The molecule has 0 aliphatic rings. The summed E-state index contributed by atoms with van der Waals surface area (Å²) in [4.78, 5) is 12.7. The van der Waals surface area contributed by atoms with Crippen LogP contribution < -0.4 is 0 Å². The summed E-state index contributed by atoms with van der Waals surface area (Å²) in [5.74, 6) is 0.273. The number of Topliss-reactive ketones (excluding diaryl/α,β-unsaturated/α-hetero) is 1. The van der Waals surface area contributed by atoms with Crippen molar-refractivity contribution in [3.05, 3.63) is 94.5 Å². The molecule has 0 saturated heterocycles. The SMILES string of the molecule is CCCCCc1ccc(-c2ccc(CC(=O)Cc3ccc(CCCC)cc3)cc2C)cc1.